The lowest BCUT2D eigenvalue weighted by atomic mass is 10.2. The van der Waals surface area contributed by atoms with E-state index >= 15 is 0 Å². The Morgan fingerprint density at radius 1 is 1.35 bits per heavy atom. The second-order valence-corrected chi connectivity index (χ2v) is 4.28. The highest BCUT2D eigenvalue weighted by molar-refractivity contribution is 8.18. The molecule has 0 saturated carbocycles. The van der Waals surface area contributed by atoms with E-state index in [2.05, 4.69) is 4.99 Å². The Labute approximate surface area is 100 Å². The molecule has 1 aromatic rings. The quantitative estimate of drug-likeness (QED) is 0.486. The van der Waals surface area contributed by atoms with Crippen LogP contribution in [0.1, 0.15) is 5.56 Å². The number of nitro groups is 1. The first kappa shape index (κ1) is 11.3. The van der Waals surface area contributed by atoms with Crippen LogP contribution in [0.5, 0.6) is 0 Å². The Bertz CT molecular complexity index is 548. The molecule has 0 aliphatic carbocycles. The van der Waals surface area contributed by atoms with Crippen molar-refractivity contribution in [3.8, 4) is 0 Å². The van der Waals surface area contributed by atoms with Gasteiger partial charge in [0.2, 0.25) is 0 Å². The number of carbonyl (C=O) groups excluding carboxylic acids is 1. The first-order valence-corrected chi connectivity index (χ1v) is 5.40. The first-order chi connectivity index (χ1) is 8.06. The van der Waals surface area contributed by atoms with Crippen LogP contribution in [0, 0.1) is 10.1 Å². The van der Waals surface area contributed by atoms with Gasteiger partial charge in [-0.15, -0.1) is 0 Å². The molecule has 1 aliphatic rings. The molecule has 6 nitrogen and oxygen atoms in total. The predicted octanol–water partition coefficient (Wildman–Crippen LogP) is 1.52. The van der Waals surface area contributed by atoms with Crippen LogP contribution in [-0.4, -0.2) is 16.0 Å². The van der Waals surface area contributed by atoms with E-state index in [0.29, 0.717) is 10.5 Å². The third kappa shape index (κ3) is 2.51. The van der Waals surface area contributed by atoms with E-state index in [4.69, 9.17) is 5.73 Å². The molecule has 86 valence electrons. The molecule has 0 unspecified atom stereocenters. The number of rotatable bonds is 2. The molecule has 0 atom stereocenters. The minimum atomic E-state index is -0.479. The summed E-state index contributed by atoms with van der Waals surface area (Å²) < 4.78 is 0. The van der Waals surface area contributed by atoms with Crippen molar-refractivity contribution < 1.29 is 9.72 Å². The van der Waals surface area contributed by atoms with Crippen molar-refractivity contribution in [2.45, 2.75) is 0 Å². The van der Waals surface area contributed by atoms with Crippen molar-refractivity contribution in [1.29, 1.82) is 0 Å². The molecule has 1 aliphatic heterocycles. The van der Waals surface area contributed by atoms with Crippen LogP contribution in [0.15, 0.2) is 34.2 Å². The summed E-state index contributed by atoms with van der Waals surface area (Å²) >= 11 is 1.08. The number of hydrogen-bond donors (Lipinski definition) is 1. The van der Waals surface area contributed by atoms with Gasteiger partial charge in [0.15, 0.2) is 5.17 Å². The topological polar surface area (TPSA) is 98.6 Å². The Hall–Kier alpha value is -2.15. The molecule has 0 radical (unpaired) electrons. The van der Waals surface area contributed by atoms with Gasteiger partial charge in [-0.2, -0.15) is 4.99 Å². The largest absolute Gasteiger partial charge is 0.378 e. The van der Waals surface area contributed by atoms with Crippen molar-refractivity contribution in [2.75, 3.05) is 0 Å². The molecule has 1 aromatic carbocycles. The minimum Gasteiger partial charge on any atom is -0.378 e. The molecule has 0 fully saturated rings. The van der Waals surface area contributed by atoms with E-state index in [0.717, 1.165) is 11.8 Å². The molecular formula is C10H7N3O3S. The molecule has 2 rings (SSSR count). The molecule has 1 amide bonds. The predicted molar refractivity (Wildman–Crippen MR) is 65.3 cm³/mol. The Kier molecular flexibility index (Phi) is 2.92. The van der Waals surface area contributed by atoms with Crippen molar-refractivity contribution in [3.63, 3.8) is 0 Å². The highest BCUT2D eigenvalue weighted by Crippen LogP contribution is 2.26. The van der Waals surface area contributed by atoms with E-state index < -0.39 is 4.92 Å². The zero-order chi connectivity index (χ0) is 12.4. The average molecular weight is 249 g/mol. The lowest BCUT2D eigenvalue weighted by molar-refractivity contribution is -0.384. The van der Waals surface area contributed by atoms with Gasteiger partial charge in [0.05, 0.1) is 9.83 Å². The Balaban J connectivity index is 2.23. The summed E-state index contributed by atoms with van der Waals surface area (Å²) in [5.41, 5.74) is 6.09. The first-order valence-electron chi connectivity index (χ1n) is 4.59. The number of aliphatic imine (C=N–C) groups is 1. The number of amides is 1. The van der Waals surface area contributed by atoms with Gasteiger partial charge in [-0.25, -0.2) is 0 Å². The number of thioether (sulfide) groups is 1. The smallest absolute Gasteiger partial charge is 0.286 e. The van der Waals surface area contributed by atoms with Gasteiger partial charge >= 0.3 is 0 Å². The fourth-order valence-corrected chi connectivity index (χ4v) is 1.95. The Morgan fingerprint density at radius 2 is 2.00 bits per heavy atom. The van der Waals surface area contributed by atoms with Gasteiger partial charge in [-0.05, 0) is 35.5 Å². The van der Waals surface area contributed by atoms with E-state index in [9.17, 15) is 14.9 Å². The van der Waals surface area contributed by atoms with Gasteiger partial charge in [0.25, 0.3) is 11.6 Å². The van der Waals surface area contributed by atoms with Gasteiger partial charge < -0.3 is 5.73 Å². The van der Waals surface area contributed by atoms with Gasteiger partial charge in [-0.3, -0.25) is 14.9 Å². The fourth-order valence-electron chi connectivity index (χ4n) is 1.27. The molecular weight excluding hydrogens is 242 g/mol. The van der Waals surface area contributed by atoms with Crippen LogP contribution in [0.4, 0.5) is 5.69 Å². The fraction of sp³-hybridized carbons (Fsp3) is 0. The average Bonchev–Trinajstić information content (AvgIpc) is 2.58. The highest BCUT2D eigenvalue weighted by Gasteiger charge is 2.19. The number of benzene rings is 1. The summed E-state index contributed by atoms with van der Waals surface area (Å²) in [6.07, 6.45) is 1.60. The van der Waals surface area contributed by atoms with Crippen LogP contribution in [0.3, 0.4) is 0 Å². The zero-order valence-corrected chi connectivity index (χ0v) is 9.31. The van der Waals surface area contributed by atoms with Crippen LogP contribution < -0.4 is 5.73 Å². The van der Waals surface area contributed by atoms with Gasteiger partial charge in [-0.1, -0.05) is 0 Å². The summed E-state index contributed by atoms with van der Waals surface area (Å²) in [7, 11) is 0. The number of amidine groups is 1. The number of carbonyl (C=O) groups is 1. The zero-order valence-electron chi connectivity index (χ0n) is 8.49. The summed E-state index contributed by atoms with van der Waals surface area (Å²) in [5.74, 6) is -0.383. The van der Waals surface area contributed by atoms with Crippen molar-refractivity contribution in [1.82, 2.24) is 0 Å². The van der Waals surface area contributed by atoms with Crippen LogP contribution >= 0.6 is 11.8 Å². The minimum absolute atomic E-state index is 0.00770. The maximum absolute atomic E-state index is 11.3. The van der Waals surface area contributed by atoms with E-state index in [-0.39, 0.29) is 16.8 Å². The van der Waals surface area contributed by atoms with E-state index in [1.54, 1.807) is 18.2 Å². The van der Waals surface area contributed by atoms with Crippen LogP contribution in [-0.2, 0) is 4.79 Å². The van der Waals surface area contributed by atoms with Gasteiger partial charge in [0.1, 0.15) is 0 Å². The molecule has 0 aromatic heterocycles. The van der Waals surface area contributed by atoms with Crippen molar-refractivity contribution in [3.05, 3.63) is 44.8 Å². The highest BCUT2D eigenvalue weighted by atomic mass is 32.2. The number of hydrogen-bond acceptors (Lipinski definition) is 5. The molecule has 0 saturated heterocycles. The summed E-state index contributed by atoms with van der Waals surface area (Å²) in [5, 5.41) is 10.7. The van der Waals surface area contributed by atoms with Crippen LogP contribution in [0.25, 0.3) is 6.08 Å². The number of nitrogens with zero attached hydrogens (tertiary/aromatic N) is 2. The standard InChI is InChI=1S/C10H7N3O3S/c11-10-12-9(14)8(17-10)5-6-1-3-7(4-2-6)13(15)16/h1-5H,(H2,11,12,14)/b8-5+. The van der Waals surface area contributed by atoms with Crippen molar-refractivity contribution in [2.24, 2.45) is 10.7 Å². The monoisotopic (exact) mass is 249 g/mol. The maximum Gasteiger partial charge on any atom is 0.286 e. The lowest BCUT2D eigenvalue weighted by Gasteiger charge is -1.95. The molecule has 17 heavy (non-hydrogen) atoms. The third-order valence-electron chi connectivity index (χ3n) is 2.04. The van der Waals surface area contributed by atoms with Crippen molar-refractivity contribution >= 4 is 34.6 Å². The summed E-state index contributed by atoms with van der Waals surface area (Å²) in [6.45, 7) is 0. The lowest BCUT2D eigenvalue weighted by Crippen LogP contribution is -2.01. The number of non-ortho nitro benzene ring substituents is 1. The van der Waals surface area contributed by atoms with Crippen LogP contribution in [0.2, 0.25) is 0 Å². The second kappa shape index (κ2) is 4.38. The molecule has 2 N–H and O–H groups in total. The third-order valence-corrected chi connectivity index (χ3v) is 2.85. The molecule has 7 heteroatoms. The molecule has 0 spiro atoms. The Morgan fingerprint density at radius 3 is 2.47 bits per heavy atom. The number of nitro benzene ring substituents is 1. The van der Waals surface area contributed by atoms with E-state index in [1.807, 2.05) is 0 Å². The summed E-state index contributed by atoms with van der Waals surface area (Å²) in [6, 6.07) is 5.88. The van der Waals surface area contributed by atoms with E-state index in [1.165, 1.54) is 12.1 Å². The SMILES string of the molecule is NC1=NC(=O)/C(=C\c2ccc([N+](=O)[O-])cc2)S1. The van der Waals surface area contributed by atoms with Gasteiger partial charge in [0, 0.05) is 12.1 Å². The normalized spacial score (nSPS) is 17.3. The molecule has 1 heterocycles. The maximum atomic E-state index is 11.3. The summed E-state index contributed by atoms with van der Waals surface area (Å²) in [4.78, 5) is 25.2. The number of nitrogens with two attached hydrogens (primary N) is 1. The second-order valence-electron chi connectivity index (χ2n) is 3.21. The molecule has 0 bridgehead atoms.